The number of aryl methyl sites for hydroxylation is 3. The lowest BCUT2D eigenvalue weighted by atomic mass is 9.94. The molecule has 0 fully saturated rings. The van der Waals surface area contributed by atoms with Gasteiger partial charge in [0.25, 0.3) is 0 Å². The number of carbonyl (C=O) groups is 1. The minimum atomic E-state index is -1.29. The van der Waals surface area contributed by atoms with E-state index in [4.69, 9.17) is 8.83 Å². The van der Waals surface area contributed by atoms with E-state index >= 15 is 0 Å². The van der Waals surface area contributed by atoms with E-state index in [-0.39, 0.29) is 5.56 Å². The first-order valence-electron chi connectivity index (χ1n) is 7.75. The Bertz CT molecular complexity index is 1010. The van der Waals surface area contributed by atoms with Crippen molar-refractivity contribution in [2.24, 2.45) is 0 Å². The first-order chi connectivity index (χ1) is 11.0. The maximum Gasteiger partial charge on any atom is 0.340 e. The molecule has 5 heteroatoms. The first-order valence-corrected chi connectivity index (χ1v) is 7.75. The molecule has 0 saturated heterocycles. The fourth-order valence-corrected chi connectivity index (χ4v) is 3.49. The van der Waals surface area contributed by atoms with Gasteiger partial charge in [-0.05, 0) is 37.8 Å². The molecule has 0 atom stereocenters. The van der Waals surface area contributed by atoms with E-state index in [0.29, 0.717) is 11.1 Å². The van der Waals surface area contributed by atoms with Crippen LogP contribution in [0.2, 0.25) is 0 Å². The molecule has 0 aliphatic heterocycles. The summed E-state index contributed by atoms with van der Waals surface area (Å²) in [4.78, 5) is 22.9. The minimum Gasteiger partial charge on any atom is -0.550 e. The van der Waals surface area contributed by atoms with Crippen molar-refractivity contribution in [2.75, 3.05) is 0 Å². The maximum absolute atomic E-state index is 12.0. The van der Waals surface area contributed by atoms with Crippen LogP contribution >= 0.6 is 0 Å². The van der Waals surface area contributed by atoms with Crippen LogP contribution < -0.4 is 10.7 Å². The largest absolute Gasteiger partial charge is 0.550 e. The third-order valence-corrected chi connectivity index (χ3v) is 4.68. The molecule has 0 bridgehead atoms. The molecular weight excluding hydrogens is 296 g/mol. The fraction of sp³-hybridized carbons (Fsp3) is 0.333. The third-order valence-electron chi connectivity index (χ3n) is 4.68. The highest BCUT2D eigenvalue weighted by Gasteiger charge is 2.20. The molecule has 0 radical (unpaired) electrons. The Labute approximate surface area is 131 Å². The fourth-order valence-electron chi connectivity index (χ4n) is 3.49. The summed E-state index contributed by atoms with van der Waals surface area (Å²) in [6.07, 6.45) is 3.73. The third kappa shape index (κ3) is 2.15. The van der Waals surface area contributed by atoms with Gasteiger partial charge in [-0.2, -0.15) is 0 Å². The van der Waals surface area contributed by atoms with Crippen LogP contribution in [0.25, 0.3) is 21.9 Å². The second kappa shape index (κ2) is 4.98. The van der Waals surface area contributed by atoms with Crippen molar-refractivity contribution < 1.29 is 18.7 Å². The van der Waals surface area contributed by atoms with Crippen LogP contribution in [0.4, 0.5) is 0 Å². The van der Waals surface area contributed by atoms with Crippen molar-refractivity contribution in [1.29, 1.82) is 0 Å². The Morgan fingerprint density at radius 1 is 1.13 bits per heavy atom. The maximum atomic E-state index is 12.0. The van der Waals surface area contributed by atoms with Gasteiger partial charge in [0.1, 0.15) is 16.9 Å². The zero-order valence-corrected chi connectivity index (χ0v) is 12.7. The smallest absolute Gasteiger partial charge is 0.340 e. The predicted molar refractivity (Wildman–Crippen MR) is 82.3 cm³/mol. The highest BCUT2D eigenvalue weighted by atomic mass is 16.4. The summed E-state index contributed by atoms with van der Waals surface area (Å²) in [5.41, 5.74) is 2.52. The molecule has 0 spiro atoms. The van der Waals surface area contributed by atoms with Crippen molar-refractivity contribution >= 4 is 27.9 Å². The van der Waals surface area contributed by atoms with E-state index in [9.17, 15) is 14.7 Å². The van der Waals surface area contributed by atoms with Crippen molar-refractivity contribution in [3.8, 4) is 0 Å². The highest BCUT2D eigenvalue weighted by molar-refractivity contribution is 5.97. The molecule has 3 aromatic rings. The summed E-state index contributed by atoms with van der Waals surface area (Å²) < 4.78 is 11.2. The standard InChI is InChI=1S/C18H16O5/c1-9-11-6-13-10-4-2-3-5-14(10)22-16(13)8-15(11)23-18(21)12(9)7-17(19)20/h6,8H,2-5,7H2,1H3,(H,19,20)/p-1. The van der Waals surface area contributed by atoms with Crippen molar-refractivity contribution in [3.63, 3.8) is 0 Å². The van der Waals surface area contributed by atoms with Crippen LogP contribution in [-0.2, 0) is 24.1 Å². The Morgan fingerprint density at radius 2 is 1.87 bits per heavy atom. The second-order valence-corrected chi connectivity index (χ2v) is 6.10. The predicted octanol–water partition coefficient (Wildman–Crippen LogP) is 2.02. The van der Waals surface area contributed by atoms with Crippen LogP contribution in [0, 0.1) is 6.92 Å². The summed E-state index contributed by atoms with van der Waals surface area (Å²) in [6.45, 7) is 1.75. The van der Waals surface area contributed by atoms with Gasteiger partial charge in [-0.3, -0.25) is 0 Å². The van der Waals surface area contributed by atoms with Crippen molar-refractivity contribution in [2.45, 2.75) is 39.0 Å². The molecule has 4 rings (SSSR count). The van der Waals surface area contributed by atoms with Gasteiger partial charge in [0.2, 0.25) is 0 Å². The average Bonchev–Trinajstić information content (AvgIpc) is 2.87. The zero-order valence-electron chi connectivity index (χ0n) is 12.7. The van der Waals surface area contributed by atoms with E-state index in [0.717, 1.165) is 47.8 Å². The summed E-state index contributed by atoms with van der Waals surface area (Å²) in [7, 11) is 0. The van der Waals surface area contributed by atoms with E-state index in [1.165, 1.54) is 5.56 Å². The monoisotopic (exact) mass is 311 g/mol. The van der Waals surface area contributed by atoms with Gasteiger partial charge in [-0.25, -0.2) is 4.79 Å². The van der Waals surface area contributed by atoms with Crippen molar-refractivity contribution in [1.82, 2.24) is 0 Å². The van der Waals surface area contributed by atoms with E-state index in [1.807, 2.05) is 6.07 Å². The van der Waals surface area contributed by atoms with Gasteiger partial charge in [0.05, 0.1) is 0 Å². The Morgan fingerprint density at radius 3 is 2.65 bits per heavy atom. The Balaban J connectivity index is 2.03. The number of furan rings is 1. The highest BCUT2D eigenvalue weighted by Crippen LogP contribution is 2.35. The SMILES string of the molecule is Cc1c(CC(=O)[O-])c(=O)oc2cc3oc4c(c3cc12)CCCC4. The number of carboxylic acid groups (broad SMARTS) is 1. The molecule has 5 nitrogen and oxygen atoms in total. The number of fused-ring (bicyclic) bond motifs is 4. The van der Waals surface area contributed by atoms with Crippen molar-refractivity contribution in [3.05, 3.63) is 45.0 Å². The Kier molecular flexibility index (Phi) is 3.04. The van der Waals surface area contributed by atoms with E-state index in [2.05, 4.69) is 0 Å². The lowest BCUT2D eigenvalue weighted by Crippen LogP contribution is -2.27. The van der Waals surface area contributed by atoms with E-state index in [1.54, 1.807) is 13.0 Å². The number of carbonyl (C=O) groups excluding carboxylic acids is 1. The molecule has 2 heterocycles. The van der Waals surface area contributed by atoms with E-state index < -0.39 is 18.0 Å². The number of hydrogen-bond donors (Lipinski definition) is 0. The van der Waals surface area contributed by atoms with Crippen LogP contribution in [0.15, 0.2) is 25.8 Å². The van der Waals surface area contributed by atoms with Gasteiger partial charge >= 0.3 is 5.63 Å². The molecule has 1 aliphatic rings. The first kappa shape index (κ1) is 14.1. The molecule has 0 unspecified atom stereocenters. The summed E-state index contributed by atoms with van der Waals surface area (Å²) >= 11 is 0. The van der Waals surface area contributed by atoms with Gasteiger partial charge in [-0.15, -0.1) is 0 Å². The number of rotatable bonds is 2. The molecule has 2 aromatic heterocycles. The molecule has 0 saturated carbocycles. The zero-order chi connectivity index (χ0) is 16.1. The van der Waals surface area contributed by atoms with Crippen LogP contribution in [-0.4, -0.2) is 5.97 Å². The van der Waals surface area contributed by atoms with Gasteiger partial charge < -0.3 is 18.7 Å². The minimum absolute atomic E-state index is 0.147. The number of carboxylic acids is 1. The van der Waals surface area contributed by atoms with Gasteiger partial charge in [0.15, 0.2) is 0 Å². The molecular formula is C18H15O5-. The summed E-state index contributed by atoms with van der Waals surface area (Å²) in [5, 5.41) is 12.6. The van der Waals surface area contributed by atoms with Crippen LogP contribution in [0.5, 0.6) is 0 Å². The van der Waals surface area contributed by atoms with Crippen LogP contribution in [0.1, 0.15) is 35.3 Å². The van der Waals surface area contributed by atoms with Gasteiger partial charge in [0, 0.05) is 46.8 Å². The molecule has 23 heavy (non-hydrogen) atoms. The Hall–Kier alpha value is -2.56. The molecule has 118 valence electrons. The van der Waals surface area contributed by atoms with Crippen LogP contribution in [0.3, 0.4) is 0 Å². The number of aliphatic carboxylic acids is 1. The average molecular weight is 311 g/mol. The molecule has 0 amide bonds. The lowest BCUT2D eigenvalue weighted by molar-refractivity contribution is -0.304. The normalized spacial score (nSPS) is 14.3. The lowest BCUT2D eigenvalue weighted by Gasteiger charge is -2.10. The number of benzene rings is 1. The number of hydrogen-bond acceptors (Lipinski definition) is 5. The summed E-state index contributed by atoms with van der Waals surface area (Å²) in [6, 6.07) is 3.69. The second-order valence-electron chi connectivity index (χ2n) is 6.10. The quantitative estimate of drug-likeness (QED) is 0.676. The topological polar surface area (TPSA) is 83.5 Å². The molecule has 1 aromatic carbocycles. The summed E-state index contributed by atoms with van der Waals surface area (Å²) in [5.74, 6) is -0.280. The van der Waals surface area contributed by atoms with Gasteiger partial charge in [-0.1, -0.05) is 0 Å². The molecule has 1 aliphatic carbocycles. The molecule has 0 N–H and O–H groups in total.